The minimum atomic E-state index is -0.637. The van der Waals surface area contributed by atoms with Crippen molar-refractivity contribution in [3.63, 3.8) is 0 Å². The molecule has 1 aliphatic rings. The fraction of sp³-hybridized carbons (Fsp3) is 0.857. The van der Waals surface area contributed by atoms with E-state index >= 15 is 0 Å². The third-order valence-corrected chi connectivity index (χ3v) is 2.13. The molecule has 64 valence electrons. The number of hydrogen-bond donors (Lipinski definition) is 2. The van der Waals surface area contributed by atoms with Gasteiger partial charge in [-0.3, -0.25) is 4.79 Å². The van der Waals surface area contributed by atoms with Crippen LogP contribution >= 0.6 is 0 Å². The lowest BCUT2D eigenvalue weighted by atomic mass is 9.98. The molecule has 0 saturated carbocycles. The minimum Gasteiger partial charge on any atom is -0.393 e. The molecule has 1 heterocycles. The number of carbonyl (C=O) groups excluding carboxylic acids is 1. The highest BCUT2D eigenvalue weighted by atomic mass is 16.3. The highest BCUT2D eigenvalue weighted by Gasteiger charge is 2.39. The summed E-state index contributed by atoms with van der Waals surface area (Å²) in [5.74, 6) is -0.451. The Morgan fingerprint density at radius 2 is 2.36 bits per heavy atom. The highest BCUT2D eigenvalue weighted by molar-refractivity contribution is 5.82. The molecule has 4 heteroatoms. The summed E-state index contributed by atoms with van der Waals surface area (Å²) >= 11 is 0. The molecule has 0 aromatic heterocycles. The normalized spacial score (nSPS) is 34.5. The lowest BCUT2D eigenvalue weighted by molar-refractivity contribution is -0.132. The number of carbonyl (C=O) groups is 1. The second-order valence-corrected chi connectivity index (χ2v) is 3.15. The van der Waals surface area contributed by atoms with Gasteiger partial charge in [0, 0.05) is 19.6 Å². The van der Waals surface area contributed by atoms with E-state index in [0.717, 1.165) is 0 Å². The average Bonchev–Trinajstić information content (AvgIpc) is 2.07. The van der Waals surface area contributed by atoms with E-state index < -0.39 is 12.0 Å². The monoisotopic (exact) mass is 158 g/mol. The van der Waals surface area contributed by atoms with Gasteiger partial charge in [-0.2, -0.15) is 0 Å². The molecule has 0 spiro atoms. The van der Waals surface area contributed by atoms with E-state index in [1.807, 2.05) is 0 Å². The number of rotatable bonds is 1. The molecule has 1 saturated heterocycles. The van der Waals surface area contributed by atoms with Crippen molar-refractivity contribution in [1.29, 1.82) is 0 Å². The Morgan fingerprint density at radius 3 is 2.55 bits per heavy atom. The number of hydrogen-bond acceptors (Lipinski definition) is 3. The first-order chi connectivity index (χ1) is 5.04. The number of likely N-dealkylation sites (tertiary alicyclic amines) is 1. The van der Waals surface area contributed by atoms with E-state index in [9.17, 15) is 9.90 Å². The summed E-state index contributed by atoms with van der Waals surface area (Å²) < 4.78 is 0. The van der Waals surface area contributed by atoms with E-state index in [-0.39, 0.29) is 11.9 Å². The molecule has 1 aliphatic heterocycles. The van der Waals surface area contributed by atoms with Crippen LogP contribution in [0.5, 0.6) is 0 Å². The van der Waals surface area contributed by atoms with Crippen LogP contribution in [0.3, 0.4) is 0 Å². The van der Waals surface area contributed by atoms with Gasteiger partial charge >= 0.3 is 0 Å². The van der Waals surface area contributed by atoms with E-state index in [1.165, 1.54) is 0 Å². The molecule has 0 aliphatic carbocycles. The SMILES string of the molecule is C[C@@H](O)[C@H]1C(=O)N(C)C[C@H]1N. The average molecular weight is 158 g/mol. The Labute approximate surface area is 66.0 Å². The Bertz CT molecular complexity index is 170. The largest absolute Gasteiger partial charge is 0.393 e. The fourth-order valence-electron chi connectivity index (χ4n) is 1.52. The molecule has 0 aromatic carbocycles. The highest BCUT2D eigenvalue weighted by Crippen LogP contribution is 2.18. The standard InChI is InChI=1S/C7H14N2O2/c1-4(10)6-5(8)3-9(2)7(6)11/h4-6,10H,3,8H2,1-2H3/t4-,5-,6-/m1/s1. The van der Waals surface area contributed by atoms with Crippen LogP contribution in [0.1, 0.15) is 6.92 Å². The molecular formula is C7H14N2O2. The van der Waals surface area contributed by atoms with Crippen LogP contribution in [-0.4, -0.2) is 41.7 Å². The molecule has 3 N–H and O–H groups in total. The summed E-state index contributed by atoms with van der Waals surface area (Å²) in [6, 6.07) is -0.215. The molecule has 0 radical (unpaired) electrons. The maximum Gasteiger partial charge on any atom is 0.229 e. The van der Waals surface area contributed by atoms with E-state index in [2.05, 4.69) is 0 Å². The van der Waals surface area contributed by atoms with Crippen LogP contribution in [0.4, 0.5) is 0 Å². The van der Waals surface area contributed by atoms with Gasteiger partial charge in [0.1, 0.15) is 0 Å². The summed E-state index contributed by atoms with van der Waals surface area (Å²) in [6.45, 7) is 2.15. The lowest BCUT2D eigenvalue weighted by Crippen LogP contribution is -2.37. The van der Waals surface area contributed by atoms with Crippen molar-refractivity contribution in [1.82, 2.24) is 4.90 Å². The topological polar surface area (TPSA) is 66.6 Å². The van der Waals surface area contributed by atoms with Gasteiger partial charge in [0.25, 0.3) is 0 Å². The van der Waals surface area contributed by atoms with Crippen molar-refractivity contribution >= 4 is 5.91 Å². The van der Waals surface area contributed by atoms with Crippen molar-refractivity contribution in [2.24, 2.45) is 11.7 Å². The summed E-state index contributed by atoms with van der Waals surface area (Å²) in [6.07, 6.45) is -0.637. The number of nitrogens with two attached hydrogens (primary N) is 1. The van der Waals surface area contributed by atoms with Crippen LogP contribution in [0, 0.1) is 5.92 Å². The number of likely N-dealkylation sites (N-methyl/N-ethyl adjacent to an activating group) is 1. The third-order valence-electron chi connectivity index (χ3n) is 2.13. The molecule has 1 rings (SSSR count). The lowest BCUT2D eigenvalue weighted by Gasteiger charge is -2.14. The van der Waals surface area contributed by atoms with Gasteiger partial charge in [0.15, 0.2) is 0 Å². The van der Waals surface area contributed by atoms with Gasteiger partial charge in [-0.15, -0.1) is 0 Å². The van der Waals surface area contributed by atoms with Gasteiger partial charge in [-0.05, 0) is 6.92 Å². The number of aliphatic hydroxyl groups excluding tert-OH is 1. The summed E-state index contributed by atoms with van der Waals surface area (Å²) in [7, 11) is 1.70. The molecule has 1 amide bonds. The van der Waals surface area contributed by atoms with Crippen LogP contribution in [0.2, 0.25) is 0 Å². The first kappa shape index (κ1) is 8.49. The fourth-order valence-corrected chi connectivity index (χ4v) is 1.52. The van der Waals surface area contributed by atoms with E-state index in [1.54, 1.807) is 18.9 Å². The summed E-state index contributed by atoms with van der Waals surface area (Å²) in [5, 5.41) is 9.18. The van der Waals surface area contributed by atoms with Crippen LogP contribution < -0.4 is 5.73 Å². The van der Waals surface area contributed by atoms with Gasteiger partial charge in [0.05, 0.1) is 12.0 Å². The molecule has 1 fully saturated rings. The van der Waals surface area contributed by atoms with Crippen molar-refractivity contribution in [2.45, 2.75) is 19.1 Å². The van der Waals surface area contributed by atoms with Crippen LogP contribution in [0.25, 0.3) is 0 Å². The van der Waals surface area contributed by atoms with Gasteiger partial charge < -0.3 is 15.7 Å². The van der Waals surface area contributed by atoms with Crippen molar-refractivity contribution in [2.75, 3.05) is 13.6 Å². The number of amides is 1. The Balaban J connectivity index is 2.72. The zero-order valence-corrected chi connectivity index (χ0v) is 6.82. The van der Waals surface area contributed by atoms with Gasteiger partial charge in [0.2, 0.25) is 5.91 Å². The van der Waals surface area contributed by atoms with Gasteiger partial charge in [-0.1, -0.05) is 0 Å². The van der Waals surface area contributed by atoms with Crippen LogP contribution in [0.15, 0.2) is 0 Å². The van der Waals surface area contributed by atoms with E-state index in [4.69, 9.17) is 5.73 Å². The molecule has 0 bridgehead atoms. The smallest absolute Gasteiger partial charge is 0.229 e. The maximum absolute atomic E-state index is 11.2. The number of nitrogens with zero attached hydrogens (tertiary/aromatic N) is 1. The Kier molecular flexibility index (Phi) is 2.15. The molecular weight excluding hydrogens is 144 g/mol. The predicted molar refractivity (Wildman–Crippen MR) is 40.8 cm³/mol. The third kappa shape index (κ3) is 1.36. The predicted octanol–water partition coefficient (Wildman–Crippen LogP) is -1.22. The summed E-state index contributed by atoms with van der Waals surface area (Å²) in [5.41, 5.74) is 5.64. The summed E-state index contributed by atoms with van der Waals surface area (Å²) in [4.78, 5) is 12.8. The molecule has 11 heavy (non-hydrogen) atoms. The van der Waals surface area contributed by atoms with E-state index in [0.29, 0.717) is 6.54 Å². The second-order valence-electron chi connectivity index (χ2n) is 3.15. The van der Waals surface area contributed by atoms with Crippen molar-refractivity contribution in [3.05, 3.63) is 0 Å². The molecule has 3 atom stereocenters. The second kappa shape index (κ2) is 2.79. The first-order valence-corrected chi connectivity index (χ1v) is 3.72. The van der Waals surface area contributed by atoms with Crippen LogP contribution in [-0.2, 0) is 4.79 Å². The van der Waals surface area contributed by atoms with Crippen molar-refractivity contribution < 1.29 is 9.90 Å². The van der Waals surface area contributed by atoms with Crippen molar-refractivity contribution in [3.8, 4) is 0 Å². The first-order valence-electron chi connectivity index (χ1n) is 3.72. The zero-order chi connectivity index (χ0) is 8.59. The minimum absolute atomic E-state index is 0.0486. The maximum atomic E-state index is 11.2. The molecule has 0 unspecified atom stereocenters. The quantitative estimate of drug-likeness (QED) is 0.503. The number of aliphatic hydroxyl groups is 1. The van der Waals surface area contributed by atoms with Gasteiger partial charge in [-0.25, -0.2) is 0 Å². The molecule has 4 nitrogen and oxygen atoms in total. The Hall–Kier alpha value is -0.610. The Morgan fingerprint density at radius 1 is 1.82 bits per heavy atom. The molecule has 0 aromatic rings. The zero-order valence-electron chi connectivity index (χ0n) is 6.82.